The quantitative estimate of drug-likeness (QED) is 0.261. The van der Waals surface area contributed by atoms with Gasteiger partial charge in [-0.25, -0.2) is 4.98 Å². The molecule has 0 N–H and O–H groups in total. The van der Waals surface area contributed by atoms with E-state index in [-0.39, 0.29) is 11.7 Å². The first-order chi connectivity index (χ1) is 13.8. The van der Waals surface area contributed by atoms with Crippen molar-refractivity contribution in [1.82, 2.24) is 9.55 Å². The Bertz CT molecular complexity index is 963. The Kier molecular flexibility index (Phi) is 5.09. The van der Waals surface area contributed by atoms with Crippen molar-refractivity contribution >= 4 is 17.4 Å². The lowest BCUT2D eigenvalue weighted by Gasteiger charge is -2.38. The third kappa shape index (κ3) is 2.94. The Balaban J connectivity index is 2.15. The molecule has 3 nitrogen and oxygen atoms in total. The minimum Gasteiger partial charge on any atom is -0.310 e. The fraction of sp³-hybridized carbons (Fsp3) is 0.0833. The zero-order chi connectivity index (χ0) is 19.4. The predicted molar refractivity (Wildman–Crippen MR) is 112 cm³/mol. The molecule has 0 aliphatic carbocycles. The van der Waals surface area contributed by atoms with Crippen molar-refractivity contribution in [1.29, 1.82) is 0 Å². The van der Waals surface area contributed by atoms with Gasteiger partial charge in [0.1, 0.15) is 5.54 Å². The van der Waals surface area contributed by atoms with Gasteiger partial charge >= 0.3 is 0 Å². The van der Waals surface area contributed by atoms with E-state index in [1.807, 2.05) is 65.4 Å². The Morgan fingerprint density at radius 3 is 1.61 bits per heavy atom. The molecule has 0 fully saturated rings. The minimum absolute atomic E-state index is 0.120. The van der Waals surface area contributed by atoms with Crippen molar-refractivity contribution in [2.75, 3.05) is 5.88 Å². The number of halogens is 1. The van der Waals surface area contributed by atoms with Gasteiger partial charge in [-0.3, -0.25) is 4.79 Å². The zero-order valence-electron chi connectivity index (χ0n) is 15.2. The molecular formula is C24H19ClN2O. The Hall–Kier alpha value is -3.17. The smallest absolute Gasteiger partial charge is 0.212 e. The molecule has 0 saturated carbocycles. The molecule has 0 bridgehead atoms. The first-order valence-electron chi connectivity index (χ1n) is 9.08. The van der Waals surface area contributed by atoms with E-state index >= 15 is 0 Å². The highest BCUT2D eigenvalue weighted by Crippen LogP contribution is 2.41. The number of ketones is 1. The monoisotopic (exact) mass is 386 g/mol. The SMILES string of the molecule is O=C(CCl)c1nccn1C(c1ccccc1)(c1ccccc1)c1ccccc1. The molecule has 4 aromatic rings. The first-order valence-corrected chi connectivity index (χ1v) is 9.61. The Morgan fingerprint density at radius 1 is 0.786 bits per heavy atom. The van der Waals surface area contributed by atoms with E-state index in [9.17, 15) is 4.79 Å². The average Bonchev–Trinajstić information content (AvgIpc) is 3.26. The molecule has 0 amide bonds. The summed E-state index contributed by atoms with van der Waals surface area (Å²) in [7, 11) is 0. The highest BCUT2D eigenvalue weighted by Gasteiger charge is 2.40. The fourth-order valence-corrected chi connectivity index (χ4v) is 3.92. The third-order valence-corrected chi connectivity index (χ3v) is 5.19. The molecule has 138 valence electrons. The van der Waals surface area contributed by atoms with Crippen LogP contribution in [0.15, 0.2) is 103 Å². The number of nitrogens with zero attached hydrogens (tertiary/aromatic N) is 2. The number of imidazole rings is 1. The van der Waals surface area contributed by atoms with Gasteiger partial charge in [0, 0.05) is 12.4 Å². The molecule has 3 aromatic carbocycles. The fourth-order valence-electron chi connectivity index (χ4n) is 3.80. The van der Waals surface area contributed by atoms with Gasteiger partial charge in [-0.1, -0.05) is 91.0 Å². The molecule has 1 aromatic heterocycles. The zero-order valence-corrected chi connectivity index (χ0v) is 16.0. The second kappa shape index (κ2) is 7.83. The summed E-state index contributed by atoms with van der Waals surface area (Å²) in [6.45, 7) is 0. The van der Waals surface area contributed by atoms with E-state index in [4.69, 9.17) is 11.6 Å². The summed E-state index contributed by atoms with van der Waals surface area (Å²) in [5.74, 6) is 0.0104. The van der Waals surface area contributed by atoms with Crippen LogP contribution in [0, 0.1) is 0 Å². The van der Waals surface area contributed by atoms with Gasteiger partial charge < -0.3 is 4.57 Å². The maximum Gasteiger partial charge on any atom is 0.212 e. The summed E-state index contributed by atoms with van der Waals surface area (Å²) in [4.78, 5) is 17.0. The number of alkyl halides is 1. The molecule has 0 aliphatic rings. The summed E-state index contributed by atoms with van der Waals surface area (Å²) in [6, 6.07) is 30.5. The van der Waals surface area contributed by atoms with E-state index in [1.165, 1.54) is 0 Å². The van der Waals surface area contributed by atoms with Crippen LogP contribution in [0.25, 0.3) is 0 Å². The standard InChI is InChI=1S/C24H19ClN2O/c25-18-22(28)23-26-16-17-27(23)24(19-10-4-1-5-11-19,20-12-6-2-7-13-20)21-14-8-3-9-15-21/h1-17H,18H2. The van der Waals surface area contributed by atoms with Crippen LogP contribution in [-0.2, 0) is 5.54 Å². The molecule has 0 unspecified atom stereocenters. The number of rotatable bonds is 6. The maximum absolute atomic E-state index is 12.6. The summed E-state index contributed by atoms with van der Waals surface area (Å²) >= 11 is 5.90. The number of Topliss-reactive ketones (excluding diaryl/α,β-unsaturated/α-hetero) is 1. The minimum atomic E-state index is -0.753. The number of hydrogen-bond acceptors (Lipinski definition) is 2. The van der Waals surface area contributed by atoms with Crippen molar-refractivity contribution in [3.05, 3.63) is 126 Å². The van der Waals surface area contributed by atoms with Crippen molar-refractivity contribution in [2.45, 2.75) is 5.54 Å². The molecule has 0 atom stereocenters. The molecule has 0 aliphatic heterocycles. The summed E-state index contributed by atoms with van der Waals surface area (Å²) in [5, 5.41) is 0. The highest BCUT2D eigenvalue weighted by molar-refractivity contribution is 6.30. The third-order valence-electron chi connectivity index (χ3n) is 4.95. The van der Waals surface area contributed by atoms with Gasteiger partial charge in [0.15, 0.2) is 5.82 Å². The lowest BCUT2D eigenvalue weighted by Crippen LogP contribution is -2.39. The largest absolute Gasteiger partial charge is 0.310 e. The van der Waals surface area contributed by atoms with Crippen LogP contribution in [0.1, 0.15) is 27.3 Å². The van der Waals surface area contributed by atoms with Crippen molar-refractivity contribution in [2.24, 2.45) is 0 Å². The lowest BCUT2D eigenvalue weighted by atomic mass is 9.76. The van der Waals surface area contributed by atoms with Crippen LogP contribution < -0.4 is 0 Å². The van der Waals surface area contributed by atoms with Crippen molar-refractivity contribution < 1.29 is 4.79 Å². The number of benzene rings is 3. The number of carbonyl (C=O) groups is 1. The number of carbonyl (C=O) groups excluding carboxylic acids is 1. The van der Waals surface area contributed by atoms with Gasteiger partial charge in [-0.05, 0) is 16.7 Å². The van der Waals surface area contributed by atoms with E-state index < -0.39 is 5.54 Å². The van der Waals surface area contributed by atoms with E-state index in [1.54, 1.807) is 6.20 Å². The summed E-state index contributed by atoms with van der Waals surface area (Å²) in [6.07, 6.45) is 3.51. The van der Waals surface area contributed by atoms with Gasteiger partial charge in [-0.2, -0.15) is 0 Å². The van der Waals surface area contributed by atoms with Crippen molar-refractivity contribution in [3.63, 3.8) is 0 Å². The Labute approximate surface area is 169 Å². The predicted octanol–water partition coefficient (Wildman–Crippen LogP) is 5.14. The maximum atomic E-state index is 12.6. The van der Waals surface area contributed by atoms with Crippen LogP contribution >= 0.6 is 11.6 Å². The summed E-state index contributed by atoms with van der Waals surface area (Å²) in [5.41, 5.74) is 2.36. The van der Waals surface area contributed by atoms with Gasteiger partial charge in [-0.15, -0.1) is 11.6 Å². The normalized spacial score (nSPS) is 11.3. The summed E-state index contributed by atoms with van der Waals surface area (Å²) < 4.78 is 1.94. The molecule has 4 heteroatoms. The molecule has 4 rings (SSSR count). The van der Waals surface area contributed by atoms with E-state index in [2.05, 4.69) is 41.4 Å². The molecule has 0 radical (unpaired) electrons. The molecule has 1 heterocycles. The number of hydrogen-bond donors (Lipinski definition) is 0. The van der Waals surface area contributed by atoms with E-state index in [0.717, 1.165) is 16.7 Å². The molecule has 0 spiro atoms. The average molecular weight is 387 g/mol. The second-order valence-electron chi connectivity index (χ2n) is 6.49. The van der Waals surface area contributed by atoms with Crippen LogP contribution in [0.3, 0.4) is 0 Å². The van der Waals surface area contributed by atoms with Gasteiger partial charge in [0.2, 0.25) is 5.78 Å². The lowest BCUT2D eigenvalue weighted by molar-refractivity contribution is 0.1000. The number of aromatic nitrogens is 2. The van der Waals surface area contributed by atoms with Crippen LogP contribution in [0.4, 0.5) is 0 Å². The molecule has 0 saturated heterocycles. The molecular weight excluding hydrogens is 368 g/mol. The molecule has 28 heavy (non-hydrogen) atoms. The first kappa shape index (κ1) is 18.2. The Morgan fingerprint density at radius 2 is 1.21 bits per heavy atom. The van der Waals surface area contributed by atoms with Crippen molar-refractivity contribution in [3.8, 4) is 0 Å². The van der Waals surface area contributed by atoms with Crippen LogP contribution in [-0.4, -0.2) is 21.2 Å². The van der Waals surface area contributed by atoms with Crippen LogP contribution in [0.2, 0.25) is 0 Å². The van der Waals surface area contributed by atoms with Crippen LogP contribution in [0.5, 0.6) is 0 Å². The topological polar surface area (TPSA) is 34.9 Å². The van der Waals surface area contributed by atoms with Gasteiger partial charge in [0.25, 0.3) is 0 Å². The van der Waals surface area contributed by atoms with E-state index in [0.29, 0.717) is 5.82 Å². The second-order valence-corrected chi connectivity index (χ2v) is 6.75. The highest BCUT2D eigenvalue weighted by atomic mass is 35.5. The van der Waals surface area contributed by atoms with Gasteiger partial charge in [0.05, 0.1) is 5.88 Å².